The SMILES string of the molecule is Cc1cc(N)ccc1N.NC1=C(S(=O)(=O)O)CC(N)C=C1.NC1=CCC(S(=O)(=O)O)C=C1. The van der Waals surface area contributed by atoms with Gasteiger partial charge in [0.25, 0.3) is 20.2 Å². The maximum atomic E-state index is 10.7. The third-order valence-electron chi connectivity index (χ3n) is 4.34. The van der Waals surface area contributed by atoms with Gasteiger partial charge in [-0.15, -0.1) is 0 Å². The van der Waals surface area contributed by atoms with Gasteiger partial charge in [0.2, 0.25) is 0 Å². The van der Waals surface area contributed by atoms with Crippen molar-refractivity contribution in [1.29, 1.82) is 0 Å². The van der Waals surface area contributed by atoms with Crippen molar-refractivity contribution in [2.75, 3.05) is 11.5 Å². The molecule has 2 atom stereocenters. The van der Waals surface area contributed by atoms with Crippen LogP contribution < -0.4 is 28.7 Å². The third-order valence-corrected chi connectivity index (χ3v) is 6.48. The van der Waals surface area contributed by atoms with Crippen LogP contribution in [-0.2, 0) is 20.2 Å². The largest absolute Gasteiger partial charge is 0.399 e. The van der Waals surface area contributed by atoms with E-state index in [9.17, 15) is 16.8 Å². The van der Waals surface area contributed by atoms with Gasteiger partial charge in [-0.3, -0.25) is 9.11 Å². The number of rotatable bonds is 2. The molecule has 0 heterocycles. The zero-order chi connectivity index (χ0) is 24.7. The molecule has 11 nitrogen and oxygen atoms in total. The first-order valence-corrected chi connectivity index (χ1v) is 12.2. The fourth-order valence-electron chi connectivity index (χ4n) is 2.51. The summed E-state index contributed by atoms with van der Waals surface area (Å²) < 4.78 is 59.7. The first-order valence-electron chi connectivity index (χ1n) is 9.23. The maximum Gasteiger partial charge on any atom is 0.292 e. The molecule has 0 aliphatic heterocycles. The Kier molecular flexibility index (Phi) is 9.48. The molecule has 0 saturated heterocycles. The highest BCUT2D eigenvalue weighted by Crippen LogP contribution is 2.19. The van der Waals surface area contributed by atoms with Gasteiger partial charge in [-0.1, -0.05) is 18.2 Å². The molecule has 2 aliphatic rings. The molecule has 0 aromatic heterocycles. The van der Waals surface area contributed by atoms with Crippen LogP contribution >= 0.6 is 0 Å². The Morgan fingerprint density at radius 2 is 1.59 bits per heavy atom. The first kappa shape index (κ1) is 27.2. The molecule has 0 fully saturated rings. The van der Waals surface area contributed by atoms with Crippen molar-refractivity contribution in [2.45, 2.75) is 31.1 Å². The van der Waals surface area contributed by atoms with Crippen molar-refractivity contribution < 1.29 is 25.9 Å². The Bertz CT molecular complexity index is 1150. The molecule has 0 radical (unpaired) electrons. The van der Waals surface area contributed by atoms with Gasteiger partial charge in [0.05, 0.1) is 4.91 Å². The molecule has 0 saturated carbocycles. The topological polar surface area (TPSA) is 239 Å². The zero-order valence-electron chi connectivity index (χ0n) is 17.4. The van der Waals surface area contributed by atoms with Crippen molar-refractivity contribution >= 4 is 31.6 Å². The minimum atomic E-state index is -4.18. The number of anilines is 2. The highest BCUT2D eigenvalue weighted by molar-refractivity contribution is 7.89. The summed E-state index contributed by atoms with van der Waals surface area (Å²) in [7, 11) is -8.12. The van der Waals surface area contributed by atoms with Crippen molar-refractivity contribution in [3.8, 4) is 0 Å². The molecule has 2 aliphatic carbocycles. The van der Waals surface area contributed by atoms with Crippen molar-refractivity contribution in [3.05, 3.63) is 70.4 Å². The molecule has 3 rings (SSSR count). The Labute approximate surface area is 187 Å². The molecule has 1 aromatic carbocycles. The second-order valence-electron chi connectivity index (χ2n) is 7.05. The van der Waals surface area contributed by atoms with E-state index in [4.69, 9.17) is 37.8 Å². The molecule has 0 bridgehead atoms. The number of allylic oxidation sites excluding steroid dienone is 3. The molecule has 12 N–H and O–H groups in total. The van der Waals surface area contributed by atoms with Crippen LogP contribution in [0.5, 0.6) is 0 Å². The van der Waals surface area contributed by atoms with Crippen LogP contribution in [0, 0.1) is 6.92 Å². The first-order chi connectivity index (χ1) is 14.6. The van der Waals surface area contributed by atoms with E-state index in [1.807, 2.05) is 19.1 Å². The van der Waals surface area contributed by atoms with Crippen LogP contribution in [0.4, 0.5) is 11.4 Å². The van der Waals surface area contributed by atoms with E-state index in [0.717, 1.165) is 16.9 Å². The van der Waals surface area contributed by atoms with Gasteiger partial charge in [-0.2, -0.15) is 16.8 Å². The highest BCUT2D eigenvalue weighted by atomic mass is 32.2. The number of hydrogen-bond acceptors (Lipinski definition) is 9. The fraction of sp³-hybridized carbons (Fsp3) is 0.263. The van der Waals surface area contributed by atoms with Crippen molar-refractivity contribution in [2.24, 2.45) is 17.2 Å². The molecular weight excluding hydrogens is 458 g/mol. The van der Waals surface area contributed by atoms with E-state index in [2.05, 4.69) is 0 Å². The van der Waals surface area contributed by atoms with E-state index in [1.54, 1.807) is 18.2 Å². The second-order valence-corrected chi connectivity index (χ2v) is 10.1. The van der Waals surface area contributed by atoms with Gasteiger partial charge in [0, 0.05) is 35.2 Å². The molecular formula is C19H29N5O6S2. The summed E-state index contributed by atoms with van der Waals surface area (Å²) in [4.78, 5) is -0.197. The lowest BCUT2D eigenvalue weighted by molar-refractivity contribution is 0.474. The van der Waals surface area contributed by atoms with Crippen LogP contribution in [0.25, 0.3) is 0 Å². The van der Waals surface area contributed by atoms with Gasteiger partial charge in [0.1, 0.15) is 5.25 Å². The molecule has 2 unspecified atom stereocenters. The van der Waals surface area contributed by atoms with Gasteiger partial charge in [0.15, 0.2) is 0 Å². The summed E-state index contributed by atoms with van der Waals surface area (Å²) in [6.45, 7) is 1.94. The standard InChI is InChI=1S/C7H10N2.C6H10N2O3S.C6H9NO3S/c1-5-4-6(8)2-3-7(5)9;7-4-1-2-5(8)6(3-4)12(9,10)11;7-5-1-3-6(4-2-5)11(8,9)10/h2-4H,8-9H2,1H3;1-2,4H,3,7-8H2,(H,9,10,11);1-3,6H,4,7H2,(H,8,9,10). The van der Waals surface area contributed by atoms with E-state index in [-0.39, 0.29) is 23.4 Å². The molecule has 32 heavy (non-hydrogen) atoms. The third kappa shape index (κ3) is 9.11. The lowest BCUT2D eigenvalue weighted by Gasteiger charge is -2.14. The fourth-order valence-corrected chi connectivity index (χ4v) is 3.90. The van der Waals surface area contributed by atoms with Crippen LogP contribution in [0.1, 0.15) is 18.4 Å². The van der Waals surface area contributed by atoms with E-state index >= 15 is 0 Å². The minimum absolute atomic E-state index is 0.0548. The lowest BCUT2D eigenvalue weighted by atomic mass is 10.1. The van der Waals surface area contributed by atoms with E-state index < -0.39 is 31.5 Å². The molecule has 0 amide bonds. The molecule has 0 spiro atoms. The smallest absolute Gasteiger partial charge is 0.292 e. The van der Waals surface area contributed by atoms with Crippen molar-refractivity contribution in [3.63, 3.8) is 0 Å². The van der Waals surface area contributed by atoms with Crippen LogP contribution in [0.15, 0.2) is 64.9 Å². The Balaban J connectivity index is 0.000000242. The van der Waals surface area contributed by atoms with E-state index in [0.29, 0.717) is 5.70 Å². The molecule has 13 heteroatoms. The average molecular weight is 488 g/mol. The summed E-state index contributed by atoms with van der Waals surface area (Å²) in [6, 6.07) is 5.07. The summed E-state index contributed by atoms with van der Waals surface area (Å²) in [6.07, 6.45) is 7.70. The number of aryl methyl sites for hydroxylation is 1. The predicted octanol–water partition coefficient (Wildman–Crippen LogP) is 0.536. The minimum Gasteiger partial charge on any atom is -0.399 e. The maximum absolute atomic E-state index is 10.7. The highest BCUT2D eigenvalue weighted by Gasteiger charge is 2.22. The number of benzene rings is 1. The molecule has 1 aromatic rings. The summed E-state index contributed by atoms with van der Waals surface area (Å²) in [5.41, 5.74) is 30.3. The second kappa shape index (κ2) is 11.2. The number of nitrogen functional groups attached to an aromatic ring is 2. The summed E-state index contributed by atoms with van der Waals surface area (Å²) in [5.74, 6) is 0. The van der Waals surface area contributed by atoms with Crippen molar-refractivity contribution in [1.82, 2.24) is 0 Å². The van der Waals surface area contributed by atoms with Gasteiger partial charge >= 0.3 is 0 Å². The Morgan fingerprint density at radius 1 is 0.969 bits per heavy atom. The van der Waals surface area contributed by atoms with Gasteiger partial charge in [-0.25, -0.2) is 0 Å². The number of nitrogens with two attached hydrogens (primary N) is 5. The van der Waals surface area contributed by atoms with Gasteiger partial charge < -0.3 is 28.7 Å². The monoisotopic (exact) mass is 487 g/mol. The van der Waals surface area contributed by atoms with Crippen LogP contribution in [0.3, 0.4) is 0 Å². The zero-order valence-corrected chi connectivity index (χ0v) is 19.1. The van der Waals surface area contributed by atoms with Crippen LogP contribution in [-0.4, -0.2) is 37.2 Å². The summed E-state index contributed by atoms with van der Waals surface area (Å²) >= 11 is 0. The predicted molar refractivity (Wildman–Crippen MR) is 126 cm³/mol. The summed E-state index contributed by atoms with van der Waals surface area (Å²) in [5, 5.41) is -0.824. The Morgan fingerprint density at radius 3 is 2.00 bits per heavy atom. The van der Waals surface area contributed by atoms with E-state index in [1.165, 1.54) is 18.2 Å². The Hall–Kier alpha value is -2.84. The normalized spacial score (nSPS) is 20.4. The van der Waals surface area contributed by atoms with Gasteiger partial charge in [-0.05, 0) is 49.3 Å². The quantitative estimate of drug-likeness (QED) is 0.224. The van der Waals surface area contributed by atoms with Crippen LogP contribution in [0.2, 0.25) is 0 Å². The molecule has 178 valence electrons. The average Bonchev–Trinajstić information content (AvgIpc) is 2.67. The number of hydrogen-bond donors (Lipinski definition) is 7. The lowest BCUT2D eigenvalue weighted by Crippen LogP contribution is -2.25.